The highest BCUT2D eigenvalue weighted by atomic mass is 16.5. The molecule has 1 aromatic rings. The van der Waals surface area contributed by atoms with Crippen LogP contribution in [0.25, 0.3) is 0 Å². The molecule has 0 unspecified atom stereocenters. The van der Waals surface area contributed by atoms with Gasteiger partial charge in [-0.3, -0.25) is 0 Å². The molecule has 1 aromatic carbocycles. The van der Waals surface area contributed by atoms with Gasteiger partial charge in [0.25, 0.3) is 0 Å². The summed E-state index contributed by atoms with van der Waals surface area (Å²) in [5.41, 5.74) is 8.31. The predicted molar refractivity (Wildman–Crippen MR) is 70.0 cm³/mol. The Hall–Kier alpha value is -1.26. The zero-order valence-electron chi connectivity index (χ0n) is 11.3. The van der Waals surface area contributed by atoms with Crippen LogP contribution in [0.1, 0.15) is 30.4 Å². The molecule has 0 amide bonds. The summed E-state index contributed by atoms with van der Waals surface area (Å²) in [7, 11) is 4.95. The summed E-state index contributed by atoms with van der Waals surface area (Å²) >= 11 is 0. The van der Waals surface area contributed by atoms with Gasteiger partial charge in [0, 0.05) is 18.2 Å². The first-order valence-electron chi connectivity index (χ1n) is 6.18. The number of methoxy groups -OCH3 is 3. The third kappa shape index (κ3) is 2.06. The highest BCUT2D eigenvalue weighted by molar-refractivity contribution is 5.53. The summed E-state index contributed by atoms with van der Waals surface area (Å²) in [4.78, 5) is 0. The zero-order chi connectivity index (χ0) is 13.2. The quantitative estimate of drug-likeness (QED) is 0.871. The van der Waals surface area contributed by atoms with Gasteiger partial charge in [0.1, 0.15) is 0 Å². The van der Waals surface area contributed by atoms with E-state index in [1.165, 1.54) is 6.42 Å². The lowest BCUT2D eigenvalue weighted by molar-refractivity contribution is 0.173. The maximum absolute atomic E-state index is 6.42. The van der Waals surface area contributed by atoms with E-state index in [2.05, 4.69) is 0 Å². The first kappa shape index (κ1) is 13.2. The van der Waals surface area contributed by atoms with E-state index in [1.807, 2.05) is 12.1 Å². The first-order chi connectivity index (χ1) is 8.66. The minimum absolute atomic E-state index is 0.229. The molecule has 1 aliphatic rings. The molecule has 4 nitrogen and oxygen atoms in total. The Morgan fingerprint density at radius 3 is 2.33 bits per heavy atom. The van der Waals surface area contributed by atoms with E-state index in [-0.39, 0.29) is 5.54 Å². The Balaban J connectivity index is 2.51. The second kappa shape index (κ2) is 5.16. The van der Waals surface area contributed by atoms with Gasteiger partial charge in [0.05, 0.1) is 20.8 Å². The maximum atomic E-state index is 6.42. The molecule has 1 fully saturated rings. The van der Waals surface area contributed by atoms with E-state index >= 15 is 0 Å². The SMILES string of the molecule is COCc1c(C2(N)CCC2)ccc(OC)c1OC. The summed E-state index contributed by atoms with van der Waals surface area (Å²) in [5, 5.41) is 0. The average molecular weight is 251 g/mol. The molecule has 18 heavy (non-hydrogen) atoms. The summed E-state index contributed by atoms with van der Waals surface area (Å²) in [6, 6.07) is 3.95. The summed E-state index contributed by atoms with van der Waals surface area (Å²) in [5.74, 6) is 1.45. The van der Waals surface area contributed by atoms with Crippen molar-refractivity contribution in [3.63, 3.8) is 0 Å². The molecule has 0 spiro atoms. The predicted octanol–water partition coefficient (Wildman–Crippen LogP) is 2.19. The van der Waals surface area contributed by atoms with Crippen LogP contribution in [0.5, 0.6) is 11.5 Å². The molecular formula is C14H21NO3. The van der Waals surface area contributed by atoms with Gasteiger partial charge in [-0.1, -0.05) is 6.07 Å². The fourth-order valence-electron chi connectivity index (χ4n) is 2.57. The van der Waals surface area contributed by atoms with Crippen molar-refractivity contribution in [2.75, 3.05) is 21.3 Å². The number of rotatable bonds is 5. The minimum Gasteiger partial charge on any atom is -0.493 e. The number of hydrogen-bond donors (Lipinski definition) is 1. The molecule has 0 aliphatic heterocycles. The number of ether oxygens (including phenoxy) is 3. The van der Waals surface area contributed by atoms with Gasteiger partial charge in [-0.2, -0.15) is 0 Å². The van der Waals surface area contributed by atoms with Crippen molar-refractivity contribution in [3.8, 4) is 11.5 Å². The molecular weight excluding hydrogens is 230 g/mol. The van der Waals surface area contributed by atoms with Gasteiger partial charge in [-0.05, 0) is 30.9 Å². The molecule has 0 atom stereocenters. The van der Waals surface area contributed by atoms with Crippen LogP contribution in [-0.2, 0) is 16.9 Å². The van der Waals surface area contributed by atoms with Crippen LogP contribution in [0.3, 0.4) is 0 Å². The lowest BCUT2D eigenvalue weighted by atomic mass is 9.71. The van der Waals surface area contributed by atoms with Crippen LogP contribution in [0.4, 0.5) is 0 Å². The highest BCUT2D eigenvalue weighted by Gasteiger charge is 2.37. The summed E-state index contributed by atoms with van der Waals surface area (Å²) < 4.78 is 16.1. The van der Waals surface area contributed by atoms with Crippen molar-refractivity contribution in [3.05, 3.63) is 23.3 Å². The number of benzene rings is 1. The Morgan fingerprint density at radius 1 is 1.17 bits per heavy atom. The molecule has 100 valence electrons. The molecule has 0 radical (unpaired) electrons. The van der Waals surface area contributed by atoms with Gasteiger partial charge < -0.3 is 19.9 Å². The molecule has 0 saturated heterocycles. The lowest BCUT2D eigenvalue weighted by Gasteiger charge is -2.40. The Labute approximate surface area is 108 Å². The Kier molecular flexibility index (Phi) is 3.78. The topological polar surface area (TPSA) is 53.7 Å². The smallest absolute Gasteiger partial charge is 0.166 e. The van der Waals surface area contributed by atoms with E-state index in [4.69, 9.17) is 19.9 Å². The summed E-state index contributed by atoms with van der Waals surface area (Å²) in [6.45, 7) is 0.481. The van der Waals surface area contributed by atoms with Crippen LogP contribution in [0, 0.1) is 0 Å². The molecule has 1 aliphatic carbocycles. The van der Waals surface area contributed by atoms with Crippen molar-refractivity contribution >= 4 is 0 Å². The molecule has 0 aromatic heterocycles. The van der Waals surface area contributed by atoms with Crippen LogP contribution in [0.2, 0.25) is 0 Å². The lowest BCUT2D eigenvalue weighted by Crippen LogP contribution is -2.44. The van der Waals surface area contributed by atoms with Gasteiger partial charge in [-0.15, -0.1) is 0 Å². The van der Waals surface area contributed by atoms with E-state index in [9.17, 15) is 0 Å². The van der Waals surface area contributed by atoms with E-state index in [1.54, 1.807) is 21.3 Å². The minimum atomic E-state index is -0.229. The highest BCUT2D eigenvalue weighted by Crippen LogP contribution is 2.45. The standard InChI is InChI=1S/C14H21NO3/c1-16-9-10-11(14(15)7-4-8-14)5-6-12(17-2)13(10)18-3/h5-6H,4,7-9,15H2,1-3H3. The maximum Gasteiger partial charge on any atom is 0.166 e. The zero-order valence-corrected chi connectivity index (χ0v) is 11.3. The molecule has 0 heterocycles. The third-order valence-electron chi connectivity index (χ3n) is 3.72. The Bertz CT molecular complexity index is 427. The summed E-state index contributed by atoms with van der Waals surface area (Å²) in [6.07, 6.45) is 3.20. The third-order valence-corrected chi connectivity index (χ3v) is 3.72. The Morgan fingerprint density at radius 2 is 1.89 bits per heavy atom. The monoisotopic (exact) mass is 251 g/mol. The largest absolute Gasteiger partial charge is 0.493 e. The second-order valence-electron chi connectivity index (χ2n) is 4.77. The normalized spacial score (nSPS) is 17.1. The van der Waals surface area contributed by atoms with Crippen LogP contribution in [0.15, 0.2) is 12.1 Å². The fraction of sp³-hybridized carbons (Fsp3) is 0.571. The molecule has 0 bridgehead atoms. The van der Waals surface area contributed by atoms with E-state index in [0.717, 1.165) is 35.5 Å². The fourth-order valence-corrected chi connectivity index (χ4v) is 2.57. The molecule has 1 saturated carbocycles. The van der Waals surface area contributed by atoms with Crippen molar-refractivity contribution in [1.82, 2.24) is 0 Å². The van der Waals surface area contributed by atoms with Gasteiger partial charge in [-0.25, -0.2) is 0 Å². The number of hydrogen-bond acceptors (Lipinski definition) is 4. The van der Waals surface area contributed by atoms with Crippen LogP contribution < -0.4 is 15.2 Å². The van der Waals surface area contributed by atoms with Crippen molar-refractivity contribution < 1.29 is 14.2 Å². The van der Waals surface area contributed by atoms with Crippen molar-refractivity contribution in [2.45, 2.75) is 31.4 Å². The van der Waals surface area contributed by atoms with Crippen LogP contribution in [-0.4, -0.2) is 21.3 Å². The molecule has 4 heteroatoms. The second-order valence-corrected chi connectivity index (χ2v) is 4.77. The van der Waals surface area contributed by atoms with E-state index < -0.39 is 0 Å². The molecule has 2 rings (SSSR count). The van der Waals surface area contributed by atoms with Crippen LogP contribution >= 0.6 is 0 Å². The molecule has 2 N–H and O–H groups in total. The van der Waals surface area contributed by atoms with Crippen molar-refractivity contribution in [1.29, 1.82) is 0 Å². The average Bonchev–Trinajstić information content (AvgIpc) is 2.35. The van der Waals surface area contributed by atoms with Gasteiger partial charge in [0.15, 0.2) is 11.5 Å². The van der Waals surface area contributed by atoms with Gasteiger partial charge >= 0.3 is 0 Å². The van der Waals surface area contributed by atoms with Crippen molar-refractivity contribution in [2.24, 2.45) is 5.73 Å². The number of nitrogens with two attached hydrogens (primary N) is 1. The van der Waals surface area contributed by atoms with Gasteiger partial charge in [0.2, 0.25) is 0 Å². The van der Waals surface area contributed by atoms with E-state index in [0.29, 0.717) is 6.61 Å². The first-order valence-corrected chi connectivity index (χ1v) is 6.18.